The van der Waals surface area contributed by atoms with Crippen molar-refractivity contribution in [2.75, 3.05) is 11.1 Å². The number of nitrogens with two attached hydrogens (primary N) is 1. The van der Waals surface area contributed by atoms with Gasteiger partial charge in [0.15, 0.2) is 5.82 Å². The quantitative estimate of drug-likeness (QED) is 0.755. The minimum absolute atomic E-state index is 0.244. The summed E-state index contributed by atoms with van der Waals surface area (Å²) < 4.78 is 13.8. The van der Waals surface area contributed by atoms with Crippen LogP contribution in [0.4, 0.5) is 21.6 Å². The van der Waals surface area contributed by atoms with Gasteiger partial charge in [0.2, 0.25) is 0 Å². The van der Waals surface area contributed by atoms with Crippen LogP contribution in [0.15, 0.2) is 66.9 Å². The van der Waals surface area contributed by atoms with Crippen LogP contribution in [-0.4, -0.2) is 4.98 Å². The fourth-order valence-electron chi connectivity index (χ4n) is 2.12. The van der Waals surface area contributed by atoms with E-state index in [2.05, 4.69) is 10.3 Å². The summed E-state index contributed by atoms with van der Waals surface area (Å²) in [5, 5.41) is 3.14. The van der Waals surface area contributed by atoms with E-state index in [1.165, 1.54) is 6.07 Å². The Hall–Kier alpha value is -2.88. The van der Waals surface area contributed by atoms with Crippen molar-refractivity contribution in [3.63, 3.8) is 0 Å². The molecule has 3 aromatic rings. The van der Waals surface area contributed by atoms with E-state index < -0.39 is 0 Å². The number of benzene rings is 2. The maximum atomic E-state index is 13.8. The van der Waals surface area contributed by atoms with Crippen molar-refractivity contribution in [1.29, 1.82) is 0 Å². The standard InChI is InChI=1S/C17H14FN3/c18-15-8-2-1-7-14(15)12-5-3-6-13(11-12)21-17-16(19)9-4-10-20-17/h1-11H,19H2,(H,20,21). The molecule has 4 heteroatoms. The fraction of sp³-hybridized carbons (Fsp3) is 0. The Labute approximate surface area is 122 Å². The number of hydrogen-bond donors (Lipinski definition) is 2. The SMILES string of the molecule is Nc1cccnc1Nc1cccc(-c2ccccc2F)c1. The first kappa shape index (κ1) is 13.1. The normalized spacial score (nSPS) is 10.3. The number of nitrogens with zero attached hydrogens (tertiary/aromatic N) is 1. The van der Waals surface area contributed by atoms with Gasteiger partial charge in [0, 0.05) is 17.4 Å². The molecular weight excluding hydrogens is 265 g/mol. The zero-order chi connectivity index (χ0) is 14.7. The van der Waals surface area contributed by atoms with Gasteiger partial charge in [0.25, 0.3) is 0 Å². The molecular formula is C17H14FN3. The molecule has 0 aliphatic carbocycles. The summed E-state index contributed by atoms with van der Waals surface area (Å²) in [4.78, 5) is 4.18. The summed E-state index contributed by atoms with van der Waals surface area (Å²) in [5.74, 6) is 0.343. The van der Waals surface area contributed by atoms with E-state index >= 15 is 0 Å². The van der Waals surface area contributed by atoms with E-state index in [0.29, 0.717) is 17.1 Å². The first-order valence-corrected chi connectivity index (χ1v) is 6.56. The van der Waals surface area contributed by atoms with Crippen molar-refractivity contribution in [2.45, 2.75) is 0 Å². The second kappa shape index (κ2) is 5.63. The lowest BCUT2D eigenvalue weighted by atomic mass is 10.0. The van der Waals surface area contributed by atoms with Crippen LogP contribution in [0.3, 0.4) is 0 Å². The molecule has 3 nitrogen and oxygen atoms in total. The maximum absolute atomic E-state index is 13.8. The van der Waals surface area contributed by atoms with E-state index in [4.69, 9.17) is 5.73 Å². The molecule has 0 aliphatic heterocycles. The van der Waals surface area contributed by atoms with E-state index in [1.54, 1.807) is 30.5 Å². The number of rotatable bonds is 3. The Morgan fingerprint density at radius 2 is 1.81 bits per heavy atom. The summed E-state index contributed by atoms with van der Waals surface area (Å²) in [7, 11) is 0. The van der Waals surface area contributed by atoms with Crippen molar-refractivity contribution in [2.24, 2.45) is 0 Å². The molecule has 0 saturated carbocycles. The van der Waals surface area contributed by atoms with Crippen LogP contribution >= 0.6 is 0 Å². The van der Waals surface area contributed by atoms with Gasteiger partial charge in [-0.25, -0.2) is 9.37 Å². The third-order valence-corrected chi connectivity index (χ3v) is 3.15. The highest BCUT2D eigenvalue weighted by atomic mass is 19.1. The van der Waals surface area contributed by atoms with Gasteiger partial charge in [-0.05, 0) is 35.9 Å². The molecule has 0 unspecified atom stereocenters. The van der Waals surface area contributed by atoms with Crippen LogP contribution in [0.2, 0.25) is 0 Å². The van der Waals surface area contributed by atoms with Crippen LogP contribution in [0.5, 0.6) is 0 Å². The van der Waals surface area contributed by atoms with E-state index in [-0.39, 0.29) is 5.82 Å². The van der Waals surface area contributed by atoms with Crippen molar-refractivity contribution in [3.8, 4) is 11.1 Å². The Morgan fingerprint density at radius 1 is 0.952 bits per heavy atom. The molecule has 3 rings (SSSR count). The average molecular weight is 279 g/mol. The van der Waals surface area contributed by atoms with E-state index in [1.807, 2.05) is 30.3 Å². The van der Waals surface area contributed by atoms with Crippen LogP contribution in [-0.2, 0) is 0 Å². The second-order valence-electron chi connectivity index (χ2n) is 4.63. The van der Waals surface area contributed by atoms with Crippen LogP contribution in [0, 0.1) is 5.82 Å². The number of hydrogen-bond acceptors (Lipinski definition) is 3. The van der Waals surface area contributed by atoms with Gasteiger partial charge >= 0.3 is 0 Å². The number of anilines is 3. The van der Waals surface area contributed by atoms with E-state index in [0.717, 1.165) is 11.3 Å². The minimum atomic E-state index is -0.244. The summed E-state index contributed by atoms with van der Waals surface area (Å²) in [5.41, 5.74) is 8.59. The third-order valence-electron chi connectivity index (χ3n) is 3.15. The number of nitrogen functional groups attached to an aromatic ring is 1. The minimum Gasteiger partial charge on any atom is -0.396 e. The molecule has 0 saturated heterocycles. The monoisotopic (exact) mass is 279 g/mol. The molecule has 21 heavy (non-hydrogen) atoms. The van der Waals surface area contributed by atoms with Crippen molar-refractivity contribution in [3.05, 3.63) is 72.7 Å². The molecule has 104 valence electrons. The molecule has 1 heterocycles. The zero-order valence-corrected chi connectivity index (χ0v) is 11.3. The number of nitrogens with one attached hydrogen (secondary N) is 1. The van der Waals surface area contributed by atoms with Crippen molar-refractivity contribution >= 4 is 17.2 Å². The Morgan fingerprint density at radius 3 is 2.62 bits per heavy atom. The van der Waals surface area contributed by atoms with Gasteiger partial charge < -0.3 is 11.1 Å². The topological polar surface area (TPSA) is 50.9 Å². The molecule has 0 aliphatic rings. The van der Waals surface area contributed by atoms with Crippen LogP contribution < -0.4 is 11.1 Å². The summed E-state index contributed by atoms with van der Waals surface area (Å²) in [6, 6.07) is 17.7. The average Bonchev–Trinajstić information content (AvgIpc) is 2.50. The highest BCUT2D eigenvalue weighted by molar-refractivity contribution is 5.73. The number of halogens is 1. The summed E-state index contributed by atoms with van der Waals surface area (Å²) in [6.45, 7) is 0. The fourth-order valence-corrected chi connectivity index (χ4v) is 2.12. The van der Waals surface area contributed by atoms with E-state index in [9.17, 15) is 4.39 Å². The van der Waals surface area contributed by atoms with Crippen molar-refractivity contribution in [1.82, 2.24) is 4.98 Å². The molecule has 0 amide bonds. The highest BCUT2D eigenvalue weighted by Crippen LogP contribution is 2.27. The molecule has 0 atom stereocenters. The van der Waals surface area contributed by atoms with Gasteiger partial charge in [0.1, 0.15) is 5.82 Å². The summed E-state index contributed by atoms with van der Waals surface area (Å²) >= 11 is 0. The predicted octanol–water partition coefficient (Wildman–Crippen LogP) is 4.21. The largest absolute Gasteiger partial charge is 0.396 e. The van der Waals surface area contributed by atoms with Crippen molar-refractivity contribution < 1.29 is 4.39 Å². The predicted molar refractivity (Wildman–Crippen MR) is 83.8 cm³/mol. The van der Waals surface area contributed by atoms with Crippen LogP contribution in [0.1, 0.15) is 0 Å². The Kier molecular flexibility index (Phi) is 3.51. The molecule has 2 aromatic carbocycles. The molecule has 0 spiro atoms. The molecule has 0 radical (unpaired) electrons. The van der Waals surface area contributed by atoms with Gasteiger partial charge in [-0.15, -0.1) is 0 Å². The lowest BCUT2D eigenvalue weighted by Gasteiger charge is -2.10. The first-order valence-electron chi connectivity index (χ1n) is 6.56. The summed E-state index contributed by atoms with van der Waals surface area (Å²) in [6.07, 6.45) is 1.67. The van der Waals surface area contributed by atoms with Gasteiger partial charge in [-0.1, -0.05) is 30.3 Å². The molecule has 0 fully saturated rings. The Bertz CT molecular complexity index is 771. The first-order chi connectivity index (χ1) is 10.2. The second-order valence-corrected chi connectivity index (χ2v) is 4.63. The van der Waals surface area contributed by atoms with Gasteiger partial charge in [-0.2, -0.15) is 0 Å². The number of pyridine rings is 1. The number of aromatic nitrogens is 1. The molecule has 0 bridgehead atoms. The smallest absolute Gasteiger partial charge is 0.153 e. The lowest BCUT2D eigenvalue weighted by Crippen LogP contribution is -1.98. The molecule has 1 aromatic heterocycles. The Balaban J connectivity index is 1.94. The van der Waals surface area contributed by atoms with Gasteiger partial charge in [-0.3, -0.25) is 0 Å². The van der Waals surface area contributed by atoms with Gasteiger partial charge in [0.05, 0.1) is 5.69 Å². The molecule has 3 N–H and O–H groups in total. The third kappa shape index (κ3) is 2.84. The maximum Gasteiger partial charge on any atom is 0.153 e. The highest BCUT2D eigenvalue weighted by Gasteiger charge is 2.06. The lowest BCUT2D eigenvalue weighted by molar-refractivity contribution is 0.631. The van der Waals surface area contributed by atoms with Crippen LogP contribution in [0.25, 0.3) is 11.1 Å². The zero-order valence-electron chi connectivity index (χ0n) is 11.3.